The van der Waals surface area contributed by atoms with Gasteiger partial charge in [-0.1, -0.05) is 47.2 Å². The van der Waals surface area contributed by atoms with Crippen molar-refractivity contribution in [3.63, 3.8) is 0 Å². The second kappa shape index (κ2) is 8.53. The summed E-state index contributed by atoms with van der Waals surface area (Å²) in [7, 11) is 0. The van der Waals surface area contributed by atoms with Crippen LogP contribution < -0.4 is 14.9 Å². The molecule has 2 aromatic carbocycles. The molecule has 0 bridgehead atoms. The lowest BCUT2D eigenvalue weighted by molar-refractivity contribution is -0.139. The molecule has 6 nitrogen and oxygen atoms in total. The van der Waals surface area contributed by atoms with E-state index in [1.54, 1.807) is 68.5 Å². The van der Waals surface area contributed by atoms with Gasteiger partial charge in [-0.2, -0.15) is 0 Å². The fourth-order valence-electron chi connectivity index (χ4n) is 3.47. The molecular weight excluding hydrogens is 436 g/mol. The Balaban J connectivity index is 1.94. The molecule has 1 aromatic heterocycles. The number of fused-ring (bicyclic) bond motifs is 1. The van der Waals surface area contributed by atoms with Crippen molar-refractivity contribution in [2.45, 2.75) is 19.9 Å². The second-order valence-electron chi connectivity index (χ2n) is 6.95. The van der Waals surface area contributed by atoms with Crippen molar-refractivity contribution in [2.75, 3.05) is 6.61 Å². The topological polar surface area (TPSA) is 80.9 Å². The van der Waals surface area contributed by atoms with Crippen LogP contribution in [0.4, 0.5) is 0 Å². The third kappa shape index (κ3) is 4.06. The first-order valence-electron chi connectivity index (χ1n) is 9.63. The molecule has 1 aliphatic heterocycles. The maximum atomic E-state index is 13.4. The lowest BCUT2D eigenvalue weighted by Gasteiger charge is -2.24. The first-order chi connectivity index (χ1) is 14.9. The number of thiazole rings is 1. The minimum atomic E-state index is -0.672. The molecule has 0 radical (unpaired) electrons. The fraction of sp³-hybridized carbons (Fsp3) is 0.174. The zero-order chi connectivity index (χ0) is 22.1. The van der Waals surface area contributed by atoms with Crippen LogP contribution in [0.3, 0.4) is 0 Å². The molecule has 8 heteroatoms. The number of ether oxygens (including phenoxy) is 1. The van der Waals surface area contributed by atoms with Gasteiger partial charge in [0.1, 0.15) is 5.75 Å². The zero-order valence-electron chi connectivity index (χ0n) is 16.8. The van der Waals surface area contributed by atoms with Gasteiger partial charge in [-0.25, -0.2) is 9.79 Å². The largest absolute Gasteiger partial charge is 0.508 e. The minimum Gasteiger partial charge on any atom is -0.508 e. The molecule has 0 unspecified atom stereocenters. The highest BCUT2D eigenvalue weighted by Gasteiger charge is 2.33. The molecule has 31 heavy (non-hydrogen) atoms. The number of phenols is 1. The summed E-state index contributed by atoms with van der Waals surface area (Å²) >= 11 is 7.30. The highest BCUT2D eigenvalue weighted by atomic mass is 35.5. The number of hydrogen-bond donors (Lipinski definition) is 1. The summed E-state index contributed by atoms with van der Waals surface area (Å²) in [5, 5.41) is 10.1. The van der Waals surface area contributed by atoms with E-state index in [-0.39, 0.29) is 17.9 Å². The second-order valence-corrected chi connectivity index (χ2v) is 8.39. The zero-order valence-corrected chi connectivity index (χ0v) is 18.4. The summed E-state index contributed by atoms with van der Waals surface area (Å²) in [6, 6.07) is 12.9. The Morgan fingerprint density at radius 3 is 2.55 bits per heavy atom. The number of nitrogens with zero attached hydrogens (tertiary/aromatic N) is 2. The third-order valence-electron chi connectivity index (χ3n) is 4.89. The lowest BCUT2D eigenvalue weighted by atomic mass is 9.96. The van der Waals surface area contributed by atoms with Crippen LogP contribution >= 0.6 is 22.9 Å². The monoisotopic (exact) mass is 454 g/mol. The molecule has 0 spiro atoms. The molecule has 158 valence electrons. The molecule has 4 rings (SSSR count). The summed E-state index contributed by atoms with van der Waals surface area (Å²) in [4.78, 5) is 31.2. The summed E-state index contributed by atoms with van der Waals surface area (Å²) in [5.74, 6) is -0.354. The van der Waals surface area contributed by atoms with Gasteiger partial charge < -0.3 is 9.84 Å². The maximum absolute atomic E-state index is 13.4. The molecule has 2 heterocycles. The molecule has 0 saturated heterocycles. The summed E-state index contributed by atoms with van der Waals surface area (Å²) in [6.45, 7) is 3.69. The smallest absolute Gasteiger partial charge is 0.338 e. The molecule has 0 aliphatic carbocycles. The first-order valence-corrected chi connectivity index (χ1v) is 10.8. The van der Waals surface area contributed by atoms with Crippen molar-refractivity contribution in [2.24, 2.45) is 4.99 Å². The molecule has 0 amide bonds. The van der Waals surface area contributed by atoms with E-state index in [0.717, 1.165) is 11.1 Å². The number of allylic oxidation sites excluding steroid dienone is 1. The van der Waals surface area contributed by atoms with E-state index < -0.39 is 12.0 Å². The van der Waals surface area contributed by atoms with E-state index in [4.69, 9.17) is 16.3 Å². The van der Waals surface area contributed by atoms with Crippen LogP contribution in [-0.4, -0.2) is 22.2 Å². The van der Waals surface area contributed by atoms with Crippen molar-refractivity contribution in [3.8, 4) is 5.75 Å². The van der Waals surface area contributed by atoms with Crippen LogP contribution in [-0.2, 0) is 9.53 Å². The van der Waals surface area contributed by atoms with Gasteiger partial charge in [0, 0.05) is 5.02 Å². The fourth-order valence-corrected chi connectivity index (χ4v) is 4.65. The molecule has 0 fully saturated rings. The molecule has 1 N–H and O–H groups in total. The van der Waals surface area contributed by atoms with Crippen LogP contribution in [0.1, 0.15) is 31.0 Å². The molecule has 1 aliphatic rings. The Morgan fingerprint density at radius 2 is 1.90 bits per heavy atom. The highest BCUT2D eigenvalue weighted by Crippen LogP contribution is 2.31. The van der Waals surface area contributed by atoms with Crippen molar-refractivity contribution < 1.29 is 14.6 Å². The van der Waals surface area contributed by atoms with Gasteiger partial charge in [0.25, 0.3) is 5.56 Å². The number of rotatable bonds is 4. The predicted molar refractivity (Wildman–Crippen MR) is 120 cm³/mol. The van der Waals surface area contributed by atoms with E-state index >= 15 is 0 Å². The molecule has 0 saturated carbocycles. The number of carbonyl (C=O) groups excluding carboxylic acids is 1. The van der Waals surface area contributed by atoms with Crippen molar-refractivity contribution in [1.82, 2.24) is 4.57 Å². The van der Waals surface area contributed by atoms with E-state index in [2.05, 4.69) is 4.99 Å². The Kier molecular flexibility index (Phi) is 5.80. The van der Waals surface area contributed by atoms with Gasteiger partial charge in [-0.3, -0.25) is 9.36 Å². The van der Waals surface area contributed by atoms with Crippen LogP contribution in [0.5, 0.6) is 5.75 Å². The number of hydrogen-bond acceptors (Lipinski definition) is 6. The Bertz CT molecular complexity index is 1350. The maximum Gasteiger partial charge on any atom is 0.338 e. The van der Waals surface area contributed by atoms with Crippen LogP contribution in [0.25, 0.3) is 6.08 Å². The number of halogens is 1. The van der Waals surface area contributed by atoms with E-state index in [9.17, 15) is 14.7 Å². The summed E-state index contributed by atoms with van der Waals surface area (Å²) in [6.07, 6.45) is 1.74. The Labute approximate surface area is 187 Å². The first kappa shape index (κ1) is 21.1. The summed E-state index contributed by atoms with van der Waals surface area (Å²) in [5.41, 5.74) is 2.08. The van der Waals surface area contributed by atoms with E-state index in [1.165, 1.54) is 15.9 Å². The molecule has 3 aromatic rings. The number of aromatic nitrogens is 1. The number of carbonyl (C=O) groups is 1. The normalized spacial score (nSPS) is 16.1. The van der Waals surface area contributed by atoms with Crippen LogP contribution in [0.15, 0.2) is 69.6 Å². The Hall–Kier alpha value is -3.16. The van der Waals surface area contributed by atoms with Gasteiger partial charge in [0.2, 0.25) is 0 Å². The van der Waals surface area contributed by atoms with Crippen LogP contribution in [0, 0.1) is 0 Å². The summed E-state index contributed by atoms with van der Waals surface area (Å²) < 4.78 is 7.27. The Morgan fingerprint density at radius 1 is 1.23 bits per heavy atom. The van der Waals surface area contributed by atoms with Gasteiger partial charge in [0.15, 0.2) is 4.80 Å². The van der Waals surface area contributed by atoms with Crippen molar-refractivity contribution in [3.05, 3.63) is 95.6 Å². The lowest BCUT2D eigenvalue weighted by Crippen LogP contribution is -2.39. The predicted octanol–water partition coefficient (Wildman–Crippen LogP) is 3.16. The van der Waals surface area contributed by atoms with Gasteiger partial charge in [-0.15, -0.1) is 0 Å². The number of esters is 1. The van der Waals surface area contributed by atoms with Crippen LogP contribution in [0.2, 0.25) is 5.02 Å². The quantitative estimate of drug-likeness (QED) is 0.614. The average molecular weight is 455 g/mol. The van der Waals surface area contributed by atoms with E-state index in [0.29, 0.717) is 25.6 Å². The highest BCUT2D eigenvalue weighted by molar-refractivity contribution is 7.07. The van der Waals surface area contributed by atoms with Gasteiger partial charge in [-0.05, 0) is 55.3 Å². The molecule has 1 atom stereocenters. The van der Waals surface area contributed by atoms with Gasteiger partial charge in [0.05, 0.1) is 28.5 Å². The number of phenolic OH excluding ortho intramolecular Hbond substituents is 1. The van der Waals surface area contributed by atoms with Gasteiger partial charge >= 0.3 is 5.97 Å². The standard InChI is InChI=1S/C23H19ClN2O4S/c1-3-30-22(29)19-13(2)25-23-26(20(19)15-6-8-16(24)9-7-15)21(28)18(31-23)12-14-4-10-17(27)11-5-14/h4-12,20,27H,3H2,1-2H3/b18-12-/t20-/m0/s1. The average Bonchev–Trinajstić information content (AvgIpc) is 3.04. The van der Waals surface area contributed by atoms with Crippen molar-refractivity contribution in [1.29, 1.82) is 0 Å². The third-order valence-corrected chi connectivity index (χ3v) is 6.13. The number of benzene rings is 2. The minimum absolute atomic E-state index is 0.149. The van der Waals surface area contributed by atoms with E-state index in [1.807, 2.05) is 0 Å². The van der Waals surface area contributed by atoms with Crippen molar-refractivity contribution >= 4 is 35.0 Å². The SMILES string of the molecule is CCOC(=O)C1=C(C)N=c2s/c(=C\c3ccc(O)cc3)c(=O)n2[C@H]1c1ccc(Cl)cc1. The molecular formula is C23H19ClN2O4S. The number of aromatic hydroxyl groups is 1.